The van der Waals surface area contributed by atoms with Gasteiger partial charge in [0, 0.05) is 12.3 Å². The van der Waals surface area contributed by atoms with Crippen LogP contribution in [0.4, 0.5) is 0 Å². The highest BCUT2D eigenvalue weighted by Crippen LogP contribution is 2.41. The highest BCUT2D eigenvalue weighted by molar-refractivity contribution is 6.04. The standard InChI is InChI=1S/C20H25N3O4/c1-13(2)27-19(25)18-15(14-7-5-4-6-8-14)11-20(3,26)12-16(18)22-23-17(24)9-10-21/h4-8,13,15,18,26H,9,11-12H2,1-3H3,(H,23,24)/b22-16-/t15-,18+,20-/m1/s1. The summed E-state index contributed by atoms with van der Waals surface area (Å²) in [7, 11) is 0. The molecule has 0 unspecified atom stereocenters. The van der Waals surface area contributed by atoms with Crippen LogP contribution >= 0.6 is 0 Å². The van der Waals surface area contributed by atoms with Gasteiger partial charge in [0.2, 0.25) is 0 Å². The van der Waals surface area contributed by atoms with Crippen LogP contribution in [0.1, 0.15) is 51.5 Å². The number of benzene rings is 1. The van der Waals surface area contributed by atoms with E-state index in [2.05, 4.69) is 10.5 Å². The second kappa shape index (κ2) is 8.78. The van der Waals surface area contributed by atoms with Crippen molar-refractivity contribution in [3.8, 4) is 6.07 Å². The Morgan fingerprint density at radius 3 is 2.67 bits per heavy atom. The minimum Gasteiger partial charge on any atom is -0.462 e. The Balaban J connectivity index is 2.43. The quantitative estimate of drug-likeness (QED) is 0.609. The average Bonchev–Trinajstić information content (AvgIpc) is 2.59. The molecule has 1 fully saturated rings. The minimum atomic E-state index is -1.09. The van der Waals surface area contributed by atoms with E-state index >= 15 is 0 Å². The Morgan fingerprint density at radius 1 is 1.41 bits per heavy atom. The number of amides is 1. The first-order valence-electron chi connectivity index (χ1n) is 8.93. The second-order valence-corrected chi connectivity index (χ2v) is 7.33. The second-order valence-electron chi connectivity index (χ2n) is 7.33. The van der Waals surface area contributed by atoms with Crippen molar-refractivity contribution in [1.82, 2.24) is 5.43 Å². The molecule has 1 aliphatic carbocycles. The molecule has 2 N–H and O–H groups in total. The number of rotatable bonds is 5. The van der Waals surface area contributed by atoms with Crippen LogP contribution in [0, 0.1) is 17.2 Å². The normalized spacial score (nSPS) is 26.4. The molecule has 1 saturated carbocycles. The van der Waals surface area contributed by atoms with Crippen LogP contribution in [0.15, 0.2) is 35.4 Å². The fraction of sp³-hybridized carbons (Fsp3) is 0.500. The summed E-state index contributed by atoms with van der Waals surface area (Å²) in [6, 6.07) is 11.2. The molecule has 144 valence electrons. The summed E-state index contributed by atoms with van der Waals surface area (Å²) in [6.45, 7) is 5.21. The van der Waals surface area contributed by atoms with Gasteiger partial charge in [0.1, 0.15) is 12.3 Å². The molecule has 1 aliphatic rings. The molecule has 0 saturated heterocycles. The van der Waals surface area contributed by atoms with Gasteiger partial charge in [-0.05, 0) is 32.8 Å². The molecule has 3 atom stereocenters. The summed E-state index contributed by atoms with van der Waals surface area (Å²) in [5, 5.41) is 23.4. The first-order chi connectivity index (χ1) is 12.7. The van der Waals surface area contributed by atoms with Crippen molar-refractivity contribution >= 4 is 17.6 Å². The molecule has 0 radical (unpaired) electrons. The number of hydrogen-bond acceptors (Lipinski definition) is 6. The van der Waals surface area contributed by atoms with E-state index in [-0.39, 0.29) is 24.9 Å². The number of nitriles is 1. The maximum atomic E-state index is 12.8. The largest absolute Gasteiger partial charge is 0.462 e. The molecule has 2 rings (SSSR count). The lowest BCUT2D eigenvalue weighted by Gasteiger charge is -2.39. The van der Waals surface area contributed by atoms with Crippen LogP contribution in [0.2, 0.25) is 0 Å². The molecule has 1 amide bonds. The van der Waals surface area contributed by atoms with Crippen molar-refractivity contribution in [3.63, 3.8) is 0 Å². The first kappa shape index (κ1) is 20.6. The highest BCUT2D eigenvalue weighted by Gasteiger charge is 2.46. The number of hydrazone groups is 1. The predicted octanol–water partition coefficient (Wildman–Crippen LogP) is 2.27. The zero-order valence-corrected chi connectivity index (χ0v) is 15.8. The van der Waals surface area contributed by atoms with Gasteiger partial charge >= 0.3 is 5.97 Å². The van der Waals surface area contributed by atoms with E-state index in [4.69, 9.17) is 10.00 Å². The molecule has 0 heterocycles. The number of hydrogen-bond donors (Lipinski definition) is 2. The van der Waals surface area contributed by atoms with E-state index in [1.165, 1.54) is 0 Å². The van der Waals surface area contributed by atoms with Crippen molar-refractivity contribution in [3.05, 3.63) is 35.9 Å². The molecule has 0 aliphatic heterocycles. The monoisotopic (exact) mass is 371 g/mol. The van der Waals surface area contributed by atoms with Gasteiger partial charge in [-0.15, -0.1) is 0 Å². The highest BCUT2D eigenvalue weighted by atomic mass is 16.5. The van der Waals surface area contributed by atoms with Gasteiger partial charge in [0.05, 0.1) is 23.5 Å². The summed E-state index contributed by atoms with van der Waals surface area (Å²) in [5.74, 6) is -2.07. The first-order valence-corrected chi connectivity index (χ1v) is 8.93. The smallest absolute Gasteiger partial charge is 0.315 e. The Hall–Kier alpha value is -2.72. The average molecular weight is 371 g/mol. The van der Waals surface area contributed by atoms with Gasteiger partial charge in [-0.25, -0.2) is 5.43 Å². The maximum Gasteiger partial charge on any atom is 0.315 e. The van der Waals surface area contributed by atoms with Crippen molar-refractivity contribution in [2.45, 2.75) is 57.7 Å². The zero-order chi connectivity index (χ0) is 20.0. The third-order valence-corrected chi connectivity index (χ3v) is 4.38. The molecule has 0 aromatic heterocycles. The molecular weight excluding hydrogens is 346 g/mol. The maximum absolute atomic E-state index is 12.8. The van der Waals surface area contributed by atoms with Gasteiger partial charge < -0.3 is 9.84 Å². The molecule has 1 aromatic carbocycles. The lowest BCUT2D eigenvalue weighted by atomic mass is 9.68. The van der Waals surface area contributed by atoms with Gasteiger partial charge in [0.15, 0.2) is 0 Å². The summed E-state index contributed by atoms with van der Waals surface area (Å²) in [5.41, 5.74) is 2.45. The predicted molar refractivity (Wildman–Crippen MR) is 99.6 cm³/mol. The number of carbonyl (C=O) groups is 2. The Bertz CT molecular complexity index is 750. The van der Waals surface area contributed by atoms with Gasteiger partial charge in [-0.3, -0.25) is 9.59 Å². The fourth-order valence-corrected chi connectivity index (χ4v) is 3.37. The lowest BCUT2D eigenvalue weighted by Crippen LogP contribution is -2.46. The van der Waals surface area contributed by atoms with E-state index in [1.54, 1.807) is 26.8 Å². The van der Waals surface area contributed by atoms with Crippen LogP contribution < -0.4 is 5.43 Å². The molecule has 27 heavy (non-hydrogen) atoms. The number of esters is 1. The van der Waals surface area contributed by atoms with E-state index in [9.17, 15) is 14.7 Å². The Kier molecular flexibility index (Phi) is 6.70. The van der Waals surface area contributed by atoms with E-state index < -0.39 is 23.4 Å². The summed E-state index contributed by atoms with van der Waals surface area (Å²) in [6.07, 6.45) is -0.150. The van der Waals surface area contributed by atoms with Gasteiger partial charge in [-0.2, -0.15) is 10.4 Å². The third-order valence-electron chi connectivity index (χ3n) is 4.38. The zero-order valence-electron chi connectivity index (χ0n) is 15.8. The fourth-order valence-electron chi connectivity index (χ4n) is 3.37. The number of nitrogens with zero attached hydrogens (tertiary/aromatic N) is 2. The number of carbonyl (C=O) groups excluding carboxylic acids is 2. The SMILES string of the molecule is CC(C)OC(=O)[C@@H]1/C(=N\NC(=O)CC#N)C[C@](C)(O)C[C@@H]1c1ccccc1. The number of ether oxygens (including phenoxy) is 1. The Morgan fingerprint density at radius 2 is 2.07 bits per heavy atom. The minimum absolute atomic E-state index is 0.126. The molecule has 0 spiro atoms. The van der Waals surface area contributed by atoms with Crippen molar-refractivity contribution < 1.29 is 19.4 Å². The van der Waals surface area contributed by atoms with Gasteiger partial charge in [0.25, 0.3) is 5.91 Å². The van der Waals surface area contributed by atoms with E-state index in [0.717, 1.165) is 5.56 Å². The molecule has 7 heteroatoms. The molecule has 1 aromatic rings. The van der Waals surface area contributed by atoms with Gasteiger partial charge in [-0.1, -0.05) is 30.3 Å². The van der Waals surface area contributed by atoms with E-state index in [1.807, 2.05) is 30.3 Å². The van der Waals surface area contributed by atoms with Crippen molar-refractivity contribution in [2.75, 3.05) is 0 Å². The van der Waals surface area contributed by atoms with Crippen LogP contribution in [0.3, 0.4) is 0 Å². The third kappa shape index (κ3) is 5.63. The molecular formula is C20H25N3O4. The van der Waals surface area contributed by atoms with Crippen LogP contribution in [-0.2, 0) is 14.3 Å². The van der Waals surface area contributed by atoms with Crippen LogP contribution in [-0.4, -0.2) is 34.4 Å². The topological polar surface area (TPSA) is 112 Å². The number of nitrogens with one attached hydrogen (secondary N) is 1. The summed E-state index contributed by atoms with van der Waals surface area (Å²) < 4.78 is 5.43. The number of aliphatic hydroxyl groups is 1. The summed E-state index contributed by atoms with van der Waals surface area (Å²) >= 11 is 0. The molecule has 7 nitrogen and oxygen atoms in total. The summed E-state index contributed by atoms with van der Waals surface area (Å²) in [4.78, 5) is 24.5. The van der Waals surface area contributed by atoms with Crippen LogP contribution in [0.25, 0.3) is 0 Å². The van der Waals surface area contributed by atoms with E-state index in [0.29, 0.717) is 12.1 Å². The van der Waals surface area contributed by atoms with Crippen molar-refractivity contribution in [2.24, 2.45) is 11.0 Å². The lowest BCUT2D eigenvalue weighted by molar-refractivity contribution is -0.151. The Labute approximate surface area is 159 Å². The van der Waals surface area contributed by atoms with Crippen LogP contribution in [0.5, 0.6) is 0 Å². The molecule has 0 bridgehead atoms. The van der Waals surface area contributed by atoms with Crippen molar-refractivity contribution in [1.29, 1.82) is 5.26 Å².